The molecule has 1 aromatic rings. The Hall–Kier alpha value is -2.66. The van der Waals surface area contributed by atoms with Crippen LogP contribution < -0.4 is 5.32 Å². The normalized spacial score (nSPS) is 9.90. The molecule has 0 atom stereocenters. The lowest BCUT2D eigenvalue weighted by molar-refractivity contribution is -0.143. The molecule has 8 heteroatoms. The van der Waals surface area contributed by atoms with E-state index in [1.165, 1.54) is 11.3 Å². The highest BCUT2D eigenvalue weighted by atomic mass is 32.1. The quantitative estimate of drug-likeness (QED) is 0.625. The number of carbonyl (C=O) groups is 3. The largest absolute Gasteiger partial charge is 0.463 e. The molecule has 1 heterocycles. The van der Waals surface area contributed by atoms with E-state index in [0.29, 0.717) is 10.6 Å². The number of hydrogen-bond acceptors (Lipinski definition) is 7. The van der Waals surface area contributed by atoms with Gasteiger partial charge in [0.15, 0.2) is 6.61 Å². The average molecular weight is 308 g/mol. The lowest BCUT2D eigenvalue weighted by Gasteiger charge is -2.03. The predicted molar refractivity (Wildman–Crippen MR) is 74.4 cm³/mol. The zero-order valence-corrected chi connectivity index (χ0v) is 11.9. The van der Waals surface area contributed by atoms with Crippen LogP contribution in [0.15, 0.2) is 23.6 Å². The van der Waals surface area contributed by atoms with Crippen LogP contribution in [0.2, 0.25) is 0 Å². The van der Waals surface area contributed by atoms with Crippen LogP contribution in [0.4, 0.5) is 5.00 Å². The summed E-state index contributed by atoms with van der Waals surface area (Å²) in [6.45, 7) is 1.31. The summed E-state index contributed by atoms with van der Waals surface area (Å²) in [5.41, 5.74) is 0.335. The molecular formula is C13H12N2O5S. The standard InChI is InChI=1S/C13H12N2O5S/c1-2-19-11(17)3-4-12(18)20-8-10(16)15-13-9(7-14)5-6-21-13/h3-6H,2,8H2,1H3,(H,15,16). The van der Waals surface area contributed by atoms with Crippen LogP contribution in [0.5, 0.6) is 0 Å². The van der Waals surface area contributed by atoms with Crippen molar-refractivity contribution in [2.75, 3.05) is 18.5 Å². The molecule has 0 unspecified atom stereocenters. The summed E-state index contributed by atoms with van der Waals surface area (Å²) < 4.78 is 9.20. The molecule has 0 aliphatic rings. The van der Waals surface area contributed by atoms with Crippen LogP contribution in [0.3, 0.4) is 0 Å². The van der Waals surface area contributed by atoms with Gasteiger partial charge in [-0.1, -0.05) is 0 Å². The van der Waals surface area contributed by atoms with Crippen molar-refractivity contribution in [2.24, 2.45) is 0 Å². The van der Waals surface area contributed by atoms with Crippen LogP contribution >= 0.6 is 11.3 Å². The fourth-order valence-electron chi connectivity index (χ4n) is 1.17. The molecule has 0 radical (unpaired) electrons. The molecule has 1 amide bonds. The Kier molecular flexibility index (Phi) is 6.63. The molecule has 110 valence electrons. The Morgan fingerprint density at radius 1 is 1.33 bits per heavy atom. The lowest BCUT2D eigenvalue weighted by atomic mass is 10.3. The first kappa shape index (κ1) is 16.4. The fraction of sp³-hybridized carbons (Fsp3) is 0.231. The predicted octanol–water partition coefficient (Wildman–Crippen LogP) is 1.22. The number of esters is 2. The Labute approximate surface area is 124 Å². The fourth-order valence-corrected chi connectivity index (χ4v) is 1.92. The third kappa shape index (κ3) is 5.88. The first-order valence-electron chi connectivity index (χ1n) is 5.85. The van der Waals surface area contributed by atoms with Gasteiger partial charge < -0.3 is 14.8 Å². The molecule has 1 aromatic heterocycles. The van der Waals surface area contributed by atoms with E-state index in [1.807, 2.05) is 6.07 Å². The Balaban J connectivity index is 2.38. The summed E-state index contributed by atoms with van der Waals surface area (Å²) in [4.78, 5) is 33.7. The summed E-state index contributed by atoms with van der Waals surface area (Å²) in [5, 5.41) is 13.3. The van der Waals surface area contributed by atoms with Gasteiger partial charge in [-0.3, -0.25) is 4.79 Å². The summed E-state index contributed by atoms with van der Waals surface area (Å²) in [5.74, 6) is -2.09. The maximum atomic E-state index is 11.5. The Morgan fingerprint density at radius 3 is 2.62 bits per heavy atom. The zero-order valence-electron chi connectivity index (χ0n) is 11.1. The van der Waals surface area contributed by atoms with E-state index in [1.54, 1.807) is 18.4 Å². The molecule has 0 aromatic carbocycles. The molecule has 0 saturated heterocycles. The molecular weight excluding hydrogens is 296 g/mol. The van der Waals surface area contributed by atoms with Gasteiger partial charge in [0.25, 0.3) is 5.91 Å². The van der Waals surface area contributed by atoms with Crippen LogP contribution in [-0.2, 0) is 23.9 Å². The van der Waals surface area contributed by atoms with Gasteiger partial charge in [-0.25, -0.2) is 9.59 Å². The zero-order chi connectivity index (χ0) is 15.7. The van der Waals surface area contributed by atoms with E-state index in [9.17, 15) is 14.4 Å². The second-order valence-corrected chi connectivity index (χ2v) is 4.43. The highest BCUT2D eigenvalue weighted by Gasteiger charge is 2.10. The Bertz CT molecular complexity index is 600. The van der Waals surface area contributed by atoms with E-state index >= 15 is 0 Å². The van der Waals surface area contributed by atoms with Gasteiger partial charge in [0.2, 0.25) is 0 Å². The monoisotopic (exact) mass is 308 g/mol. The molecule has 0 aliphatic carbocycles. The van der Waals surface area contributed by atoms with Crippen molar-refractivity contribution in [1.82, 2.24) is 0 Å². The first-order valence-corrected chi connectivity index (χ1v) is 6.73. The van der Waals surface area contributed by atoms with Crippen molar-refractivity contribution in [3.8, 4) is 6.07 Å². The second-order valence-electron chi connectivity index (χ2n) is 3.52. The number of nitriles is 1. The number of amides is 1. The number of nitrogens with zero attached hydrogens (tertiary/aromatic N) is 1. The average Bonchev–Trinajstić information content (AvgIpc) is 2.90. The molecule has 0 spiro atoms. The SMILES string of the molecule is CCOC(=O)C=CC(=O)OCC(=O)Nc1sccc1C#N. The van der Waals surface area contributed by atoms with Crippen molar-refractivity contribution in [3.05, 3.63) is 29.2 Å². The van der Waals surface area contributed by atoms with E-state index < -0.39 is 24.5 Å². The van der Waals surface area contributed by atoms with Crippen LogP contribution in [0, 0.1) is 11.3 Å². The number of anilines is 1. The smallest absolute Gasteiger partial charge is 0.331 e. The second kappa shape index (κ2) is 8.50. The number of hydrogen-bond donors (Lipinski definition) is 1. The molecule has 1 N–H and O–H groups in total. The minimum absolute atomic E-state index is 0.197. The topological polar surface area (TPSA) is 105 Å². The molecule has 1 rings (SSSR count). The van der Waals surface area contributed by atoms with Gasteiger partial charge in [-0.2, -0.15) is 5.26 Å². The highest BCUT2D eigenvalue weighted by Crippen LogP contribution is 2.21. The highest BCUT2D eigenvalue weighted by molar-refractivity contribution is 7.14. The summed E-state index contributed by atoms with van der Waals surface area (Å²) in [6, 6.07) is 3.48. The van der Waals surface area contributed by atoms with Crippen molar-refractivity contribution < 1.29 is 23.9 Å². The van der Waals surface area contributed by atoms with E-state index in [2.05, 4.69) is 14.8 Å². The van der Waals surface area contributed by atoms with Crippen molar-refractivity contribution >= 4 is 34.2 Å². The van der Waals surface area contributed by atoms with Gasteiger partial charge in [0.1, 0.15) is 11.1 Å². The maximum Gasteiger partial charge on any atom is 0.331 e. The first-order chi connectivity index (χ1) is 10.1. The summed E-state index contributed by atoms with van der Waals surface area (Å²) in [6.07, 6.45) is 1.79. The number of rotatable bonds is 6. The number of thiophene rings is 1. The van der Waals surface area contributed by atoms with Gasteiger partial charge >= 0.3 is 11.9 Å². The number of ether oxygens (including phenoxy) is 2. The molecule has 0 fully saturated rings. The minimum atomic E-state index is -0.843. The Morgan fingerprint density at radius 2 is 2.00 bits per heavy atom. The van der Waals surface area contributed by atoms with Crippen molar-refractivity contribution in [3.63, 3.8) is 0 Å². The summed E-state index contributed by atoms with van der Waals surface area (Å²) >= 11 is 1.19. The van der Waals surface area contributed by atoms with Gasteiger partial charge in [0.05, 0.1) is 12.2 Å². The van der Waals surface area contributed by atoms with E-state index in [4.69, 9.17) is 5.26 Å². The molecule has 0 bridgehead atoms. The number of nitrogens with one attached hydrogen (secondary N) is 1. The molecule has 0 saturated carbocycles. The third-order valence-electron chi connectivity index (χ3n) is 2.03. The minimum Gasteiger partial charge on any atom is -0.463 e. The molecule has 7 nitrogen and oxygen atoms in total. The van der Waals surface area contributed by atoms with Gasteiger partial charge in [-0.15, -0.1) is 11.3 Å². The van der Waals surface area contributed by atoms with E-state index in [0.717, 1.165) is 12.2 Å². The van der Waals surface area contributed by atoms with Crippen LogP contribution in [0.1, 0.15) is 12.5 Å². The van der Waals surface area contributed by atoms with Crippen LogP contribution in [0.25, 0.3) is 0 Å². The van der Waals surface area contributed by atoms with Crippen molar-refractivity contribution in [1.29, 1.82) is 5.26 Å². The molecule has 0 aliphatic heterocycles. The number of carbonyl (C=O) groups excluding carboxylic acids is 3. The van der Waals surface area contributed by atoms with Gasteiger partial charge in [-0.05, 0) is 18.4 Å². The summed E-state index contributed by atoms with van der Waals surface area (Å²) in [7, 11) is 0. The van der Waals surface area contributed by atoms with Crippen molar-refractivity contribution in [2.45, 2.75) is 6.92 Å². The third-order valence-corrected chi connectivity index (χ3v) is 2.86. The molecule has 21 heavy (non-hydrogen) atoms. The van der Waals surface area contributed by atoms with Crippen LogP contribution in [-0.4, -0.2) is 31.1 Å². The maximum absolute atomic E-state index is 11.5. The van der Waals surface area contributed by atoms with Gasteiger partial charge in [0, 0.05) is 12.2 Å². The lowest BCUT2D eigenvalue weighted by Crippen LogP contribution is -2.20. The van der Waals surface area contributed by atoms with E-state index in [-0.39, 0.29) is 6.61 Å².